The van der Waals surface area contributed by atoms with Gasteiger partial charge in [0.15, 0.2) is 0 Å². The molecule has 3 aromatic heterocycles. The molecule has 3 heteroatoms. The highest BCUT2D eigenvalue weighted by atomic mass is 15.0. The maximum Gasteiger partial charge on any atom is 0.0787 e. The van der Waals surface area contributed by atoms with Crippen molar-refractivity contribution in [3.8, 4) is 44.9 Å². The summed E-state index contributed by atoms with van der Waals surface area (Å²) in [6.07, 6.45) is 1.90. The predicted octanol–water partition coefficient (Wildman–Crippen LogP) is 11.7. The number of pyridine rings is 1. The molecule has 3 heterocycles. The van der Waals surface area contributed by atoms with Crippen LogP contribution in [0.1, 0.15) is 0 Å². The zero-order valence-electron chi connectivity index (χ0n) is 25.9. The van der Waals surface area contributed by atoms with Gasteiger partial charge in [-0.3, -0.25) is 4.98 Å². The summed E-state index contributed by atoms with van der Waals surface area (Å²) in [6.45, 7) is 0. The Labute approximate surface area is 276 Å². The summed E-state index contributed by atoms with van der Waals surface area (Å²) < 4.78 is 4.81. The predicted molar refractivity (Wildman–Crippen MR) is 200 cm³/mol. The molecular formula is C45H27N3. The average Bonchev–Trinajstić information content (AvgIpc) is 3.78. The second-order valence-electron chi connectivity index (χ2n) is 12.8. The van der Waals surface area contributed by atoms with Gasteiger partial charge in [-0.25, -0.2) is 0 Å². The first kappa shape index (κ1) is 25.7. The number of rotatable bonds is 3. The molecule has 0 radical (unpaired) electrons. The lowest BCUT2D eigenvalue weighted by Crippen LogP contribution is -1.95. The number of aromatic nitrogens is 3. The van der Waals surface area contributed by atoms with Crippen LogP contribution in [0.3, 0.4) is 0 Å². The van der Waals surface area contributed by atoms with Crippen molar-refractivity contribution in [1.29, 1.82) is 0 Å². The van der Waals surface area contributed by atoms with Crippen molar-refractivity contribution >= 4 is 54.4 Å². The molecule has 0 aliphatic heterocycles. The minimum absolute atomic E-state index is 1.07. The van der Waals surface area contributed by atoms with E-state index in [1.54, 1.807) is 0 Å². The molecule has 0 unspecified atom stereocenters. The van der Waals surface area contributed by atoms with E-state index in [0.717, 1.165) is 11.4 Å². The van der Waals surface area contributed by atoms with Crippen LogP contribution < -0.4 is 0 Å². The number of fused-ring (bicyclic) bond motifs is 9. The van der Waals surface area contributed by atoms with Crippen molar-refractivity contribution in [1.82, 2.24) is 14.1 Å². The zero-order chi connectivity index (χ0) is 31.3. The minimum Gasteiger partial charge on any atom is -0.309 e. The monoisotopic (exact) mass is 609 g/mol. The summed E-state index contributed by atoms with van der Waals surface area (Å²) >= 11 is 0. The number of hydrogen-bond donors (Lipinski definition) is 0. The fraction of sp³-hybridized carbons (Fsp3) is 0. The molecule has 48 heavy (non-hydrogen) atoms. The quantitative estimate of drug-likeness (QED) is 0.195. The summed E-state index contributed by atoms with van der Waals surface area (Å²) in [7, 11) is 0. The molecule has 0 spiro atoms. The van der Waals surface area contributed by atoms with Gasteiger partial charge in [-0.1, -0.05) is 97.1 Å². The maximum atomic E-state index is 4.84. The second kappa shape index (κ2) is 9.54. The molecule has 0 saturated heterocycles. The molecule has 1 aliphatic rings. The molecule has 10 aromatic rings. The third-order valence-electron chi connectivity index (χ3n) is 10.3. The van der Waals surface area contributed by atoms with Crippen LogP contribution in [0.5, 0.6) is 0 Å². The summed E-state index contributed by atoms with van der Waals surface area (Å²) in [5.74, 6) is 0. The van der Waals surface area contributed by atoms with E-state index < -0.39 is 0 Å². The zero-order valence-corrected chi connectivity index (χ0v) is 25.9. The molecule has 222 valence electrons. The molecule has 0 atom stereocenters. The Kier molecular flexibility index (Phi) is 5.11. The van der Waals surface area contributed by atoms with Crippen LogP contribution in [0.25, 0.3) is 99.3 Å². The van der Waals surface area contributed by atoms with E-state index in [4.69, 9.17) is 4.98 Å². The molecule has 0 N–H and O–H groups in total. The minimum atomic E-state index is 1.07. The fourth-order valence-corrected chi connectivity index (χ4v) is 8.23. The van der Waals surface area contributed by atoms with Gasteiger partial charge in [0.1, 0.15) is 0 Å². The van der Waals surface area contributed by atoms with E-state index in [0.29, 0.717) is 0 Å². The van der Waals surface area contributed by atoms with Gasteiger partial charge in [0, 0.05) is 50.2 Å². The topological polar surface area (TPSA) is 22.8 Å². The highest BCUT2D eigenvalue weighted by Gasteiger charge is 2.24. The van der Waals surface area contributed by atoms with Crippen LogP contribution >= 0.6 is 0 Å². The smallest absolute Gasteiger partial charge is 0.0787 e. The molecule has 0 fully saturated rings. The first-order valence-electron chi connectivity index (χ1n) is 16.5. The van der Waals surface area contributed by atoms with Crippen molar-refractivity contribution in [2.45, 2.75) is 0 Å². The van der Waals surface area contributed by atoms with Crippen LogP contribution in [0, 0.1) is 0 Å². The van der Waals surface area contributed by atoms with E-state index in [-0.39, 0.29) is 0 Å². The highest BCUT2D eigenvalue weighted by Crippen LogP contribution is 2.47. The first-order valence-corrected chi connectivity index (χ1v) is 16.5. The van der Waals surface area contributed by atoms with Gasteiger partial charge in [0.05, 0.1) is 27.8 Å². The fourth-order valence-electron chi connectivity index (χ4n) is 8.23. The van der Waals surface area contributed by atoms with Crippen LogP contribution in [0.15, 0.2) is 164 Å². The lowest BCUT2D eigenvalue weighted by atomic mass is 10.0. The van der Waals surface area contributed by atoms with Crippen molar-refractivity contribution in [2.24, 2.45) is 0 Å². The lowest BCUT2D eigenvalue weighted by molar-refractivity contribution is 1.18. The SMILES string of the molecule is c1ccc(-n2c3ccccc3c3ccc(-c4ccc5c(c4)c4ccccc4n5-c4cc5c6c(cccc6c4)-c4cccnc4-5)cc32)cc1. The summed E-state index contributed by atoms with van der Waals surface area (Å²) in [5, 5.41) is 7.56. The van der Waals surface area contributed by atoms with E-state index in [2.05, 4.69) is 161 Å². The average molecular weight is 610 g/mol. The summed E-state index contributed by atoms with van der Waals surface area (Å²) in [5.41, 5.74) is 14.3. The standard InChI is InChI=1S/C45H27N3/c1-2-11-31(12-3-1)47-40-17-6-4-13-33(40)35-21-19-29(26-43(35)47)28-20-22-42-38(25-28)34-14-5-7-18-41(34)48(42)32-24-30-10-8-15-36-37-16-9-23-46-45(37)39(27-32)44(30)36/h1-27H. The first-order chi connectivity index (χ1) is 23.8. The molecule has 0 amide bonds. The Morgan fingerprint density at radius 2 is 1.04 bits per heavy atom. The van der Waals surface area contributed by atoms with Crippen LogP contribution in [0.2, 0.25) is 0 Å². The Balaban J connectivity index is 1.14. The van der Waals surface area contributed by atoms with Gasteiger partial charge in [0.25, 0.3) is 0 Å². The molecule has 1 aliphatic carbocycles. The van der Waals surface area contributed by atoms with Crippen LogP contribution in [-0.4, -0.2) is 14.1 Å². The number of nitrogens with zero attached hydrogens (tertiary/aromatic N) is 3. The van der Waals surface area contributed by atoms with Gasteiger partial charge in [-0.15, -0.1) is 0 Å². The van der Waals surface area contributed by atoms with E-state index in [1.807, 2.05) is 12.3 Å². The van der Waals surface area contributed by atoms with Gasteiger partial charge in [0.2, 0.25) is 0 Å². The lowest BCUT2D eigenvalue weighted by Gasteiger charge is -2.12. The number of para-hydroxylation sites is 3. The highest BCUT2D eigenvalue weighted by molar-refractivity contribution is 6.16. The van der Waals surface area contributed by atoms with Crippen molar-refractivity contribution in [3.63, 3.8) is 0 Å². The third kappa shape index (κ3) is 3.45. The maximum absolute atomic E-state index is 4.84. The molecule has 0 saturated carbocycles. The van der Waals surface area contributed by atoms with Crippen LogP contribution in [0.4, 0.5) is 0 Å². The molecule has 3 nitrogen and oxygen atoms in total. The Morgan fingerprint density at radius 1 is 0.375 bits per heavy atom. The molecular weight excluding hydrogens is 583 g/mol. The number of benzene rings is 7. The van der Waals surface area contributed by atoms with Gasteiger partial charge in [-0.05, 0) is 88.1 Å². The third-order valence-corrected chi connectivity index (χ3v) is 10.3. The number of hydrogen-bond acceptors (Lipinski definition) is 1. The normalized spacial score (nSPS) is 12.2. The Bertz CT molecular complexity index is 2940. The molecule has 11 rings (SSSR count). The molecule has 7 aromatic carbocycles. The van der Waals surface area contributed by atoms with E-state index in [1.165, 1.54) is 87.9 Å². The summed E-state index contributed by atoms with van der Waals surface area (Å²) in [6, 6.07) is 57.6. The van der Waals surface area contributed by atoms with Crippen molar-refractivity contribution in [2.75, 3.05) is 0 Å². The Morgan fingerprint density at radius 3 is 1.90 bits per heavy atom. The van der Waals surface area contributed by atoms with Gasteiger partial charge in [-0.2, -0.15) is 0 Å². The van der Waals surface area contributed by atoms with E-state index >= 15 is 0 Å². The van der Waals surface area contributed by atoms with Crippen LogP contribution in [-0.2, 0) is 0 Å². The molecule has 0 bridgehead atoms. The van der Waals surface area contributed by atoms with Crippen molar-refractivity contribution in [3.05, 3.63) is 164 Å². The second-order valence-corrected chi connectivity index (χ2v) is 12.8. The van der Waals surface area contributed by atoms with E-state index in [9.17, 15) is 0 Å². The largest absolute Gasteiger partial charge is 0.309 e. The van der Waals surface area contributed by atoms with Gasteiger partial charge < -0.3 is 9.13 Å². The van der Waals surface area contributed by atoms with Gasteiger partial charge >= 0.3 is 0 Å². The Hall–Kier alpha value is -6.45. The van der Waals surface area contributed by atoms with Crippen molar-refractivity contribution < 1.29 is 0 Å². The summed E-state index contributed by atoms with van der Waals surface area (Å²) in [4.78, 5) is 4.84.